The lowest BCUT2D eigenvalue weighted by Crippen LogP contribution is -2.26. The van der Waals surface area contributed by atoms with Crippen molar-refractivity contribution in [3.63, 3.8) is 0 Å². The van der Waals surface area contributed by atoms with Crippen LogP contribution in [0.15, 0.2) is 96.7 Å². The number of amides is 2. The molecular weight excluding hydrogens is 564 g/mol. The van der Waals surface area contributed by atoms with Crippen molar-refractivity contribution in [2.45, 2.75) is 46.5 Å². The minimum Gasteiger partial charge on any atom is -0.466 e. The lowest BCUT2D eigenvalue weighted by molar-refractivity contribution is -0.139. The summed E-state index contributed by atoms with van der Waals surface area (Å²) in [5.41, 5.74) is 1.76. The molecule has 0 aliphatic rings. The van der Waals surface area contributed by atoms with Crippen LogP contribution in [0.1, 0.15) is 52.0 Å². The fourth-order valence-electron chi connectivity index (χ4n) is 2.49. The minimum atomic E-state index is -0.673. The third-order valence-electron chi connectivity index (χ3n) is 4.73. The van der Waals surface area contributed by atoms with E-state index < -0.39 is 17.8 Å². The van der Waals surface area contributed by atoms with Crippen LogP contribution >= 0.6 is 0 Å². The molecular formula is C34H44N2O8. The predicted octanol–water partition coefficient (Wildman–Crippen LogP) is 5.13. The molecule has 0 spiro atoms. The number of nitrogens with zero attached hydrogens (tertiary/aromatic N) is 1. The molecule has 0 atom stereocenters. The third kappa shape index (κ3) is 24.6. The smallest absolute Gasteiger partial charge is 0.338 e. The van der Waals surface area contributed by atoms with Gasteiger partial charge in [-0.15, -0.1) is 0 Å². The molecule has 1 rings (SSSR count). The van der Waals surface area contributed by atoms with Crippen LogP contribution in [-0.2, 0) is 33.4 Å². The number of esters is 2. The Morgan fingerprint density at radius 1 is 0.955 bits per heavy atom. The van der Waals surface area contributed by atoms with Crippen molar-refractivity contribution in [3.8, 4) is 6.07 Å². The van der Waals surface area contributed by atoms with Gasteiger partial charge in [0.15, 0.2) is 0 Å². The van der Waals surface area contributed by atoms with Gasteiger partial charge in [0.25, 0.3) is 5.91 Å². The first-order valence-electron chi connectivity index (χ1n) is 13.6. The Morgan fingerprint density at radius 3 is 2.00 bits per heavy atom. The van der Waals surface area contributed by atoms with Crippen LogP contribution in [0.25, 0.3) is 6.08 Å². The number of nitrogens with one attached hydrogen (secondary N) is 1. The van der Waals surface area contributed by atoms with E-state index in [0.717, 1.165) is 43.1 Å². The molecule has 1 aromatic carbocycles. The summed E-state index contributed by atoms with van der Waals surface area (Å²) in [6.45, 7) is 14.8. The van der Waals surface area contributed by atoms with Crippen molar-refractivity contribution < 1.29 is 38.6 Å². The average molecular weight is 609 g/mol. The van der Waals surface area contributed by atoms with E-state index in [2.05, 4.69) is 30.1 Å². The highest BCUT2D eigenvalue weighted by Gasteiger charge is 2.12. The van der Waals surface area contributed by atoms with Gasteiger partial charge >= 0.3 is 11.9 Å². The molecule has 2 amide bonds. The van der Waals surface area contributed by atoms with Crippen molar-refractivity contribution in [1.29, 1.82) is 5.26 Å². The Balaban J connectivity index is -0.000000997. The van der Waals surface area contributed by atoms with E-state index in [1.54, 1.807) is 19.1 Å². The topological polar surface area (TPSA) is 160 Å². The van der Waals surface area contributed by atoms with Crippen LogP contribution < -0.4 is 5.32 Å². The molecule has 0 unspecified atom stereocenters. The highest BCUT2D eigenvalue weighted by molar-refractivity contribution is 6.05. The summed E-state index contributed by atoms with van der Waals surface area (Å²) in [5.74, 6) is -2.28. The summed E-state index contributed by atoms with van der Waals surface area (Å²) >= 11 is 0. The molecule has 0 radical (unpaired) electrons. The number of allylic oxidation sites excluding steroid dienone is 4. The molecule has 2 N–H and O–H groups in total. The van der Waals surface area contributed by atoms with Crippen LogP contribution in [-0.4, -0.2) is 56.0 Å². The number of hydrogen-bond acceptors (Lipinski definition) is 9. The maximum atomic E-state index is 12.6. The first-order chi connectivity index (χ1) is 21.1. The van der Waals surface area contributed by atoms with E-state index in [4.69, 9.17) is 19.9 Å². The Morgan fingerprint density at radius 2 is 1.57 bits per heavy atom. The number of methoxy groups -OCH3 is 1. The number of rotatable bonds is 13. The van der Waals surface area contributed by atoms with Crippen molar-refractivity contribution in [3.05, 3.63) is 102 Å². The predicted molar refractivity (Wildman–Crippen MR) is 172 cm³/mol. The first-order valence-corrected chi connectivity index (χ1v) is 13.6. The average Bonchev–Trinajstić information content (AvgIpc) is 3.04. The van der Waals surface area contributed by atoms with Gasteiger partial charge in [-0.3, -0.25) is 14.9 Å². The molecule has 44 heavy (non-hydrogen) atoms. The maximum Gasteiger partial charge on any atom is 0.338 e. The molecule has 0 fully saturated rings. The molecule has 238 valence electrons. The molecule has 0 saturated carbocycles. The summed E-state index contributed by atoms with van der Waals surface area (Å²) < 4.78 is 9.54. The zero-order valence-electron chi connectivity index (χ0n) is 26.0. The van der Waals surface area contributed by atoms with Gasteiger partial charge in [-0.2, -0.15) is 5.26 Å². The van der Waals surface area contributed by atoms with Crippen molar-refractivity contribution in [1.82, 2.24) is 5.32 Å². The fraction of sp³-hybridized carbons (Fsp3) is 0.294. The summed E-state index contributed by atoms with van der Waals surface area (Å²) in [6.07, 6.45) is 12.9. The highest BCUT2D eigenvalue weighted by Crippen LogP contribution is 2.15. The van der Waals surface area contributed by atoms with Gasteiger partial charge in [0.05, 0.1) is 25.4 Å². The van der Waals surface area contributed by atoms with Crippen LogP contribution in [0.3, 0.4) is 0 Å². The summed E-state index contributed by atoms with van der Waals surface area (Å²) in [4.78, 5) is 53.9. The van der Waals surface area contributed by atoms with E-state index in [9.17, 15) is 19.2 Å². The number of unbranched alkanes of at least 4 members (excludes halogenated alkanes) is 2. The second kappa shape index (κ2) is 30.8. The fourth-order valence-corrected chi connectivity index (χ4v) is 2.49. The molecule has 1 aromatic rings. The van der Waals surface area contributed by atoms with Gasteiger partial charge < -0.3 is 19.4 Å². The van der Waals surface area contributed by atoms with E-state index in [1.807, 2.05) is 50.1 Å². The van der Waals surface area contributed by atoms with E-state index >= 15 is 0 Å². The van der Waals surface area contributed by atoms with Gasteiger partial charge in [-0.05, 0) is 49.1 Å². The van der Waals surface area contributed by atoms with Crippen molar-refractivity contribution in [2.24, 2.45) is 0 Å². The zero-order chi connectivity index (χ0) is 34.2. The zero-order valence-corrected chi connectivity index (χ0v) is 26.0. The molecule has 0 aliphatic carbocycles. The monoisotopic (exact) mass is 608 g/mol. The molecule has 0 aliphatic heterocycles. The number of nitriles is 1. The van der Waals surface area contributed by atoms with Gasteiger partial charge in [-0.25, -0.2) is 9.59 Å². The summed E-state index contributed by atoms with van der Waals surface area (Å²) in [5, 5.41) is 19.0. The Labute approximate surface area is 260 Å². The normalized spacial score (nSPS) is 10.4. The number of hydrogen-bond donors (Lipinski definition) is 2. The maximum absolute atomic E-state index is 12.6. The summed E-state index contributed by atoms with van der Waals surface area (Å²) in [6, 6.07) is 11.2. The number of imide groups is 1. The number of carbonyl (C=O) groups excluding carboxylic acids is 5. The van der Waals surface area contributed by atoms with E-state index in [1.165, 1.54) is 19.3 Å². The van der Waals surface area contributed by atoms with Crippen molar-refractivity contribution in [2.75, 3.05) is 20.3 Å². The Bertz CT molecular complexity index is 1190. The largest absolute Gasteiger partial charge is 0.466 e. The van der Waals surface area contributed by atoms with E-state index in [0.29, 0.717) is 24.2 Å². The first kappa shape index (κ1) is 43.3. The second-order valence-corrected chi connectivity index (χ2v) is 8.30. The van der Waals surface area contributed by atoms with E-state index in [-0.39, 0.29) is 18.1 Å². The summed E-state index contributed by atoms with van der Waals surface area (Å²) in [7, 11) is 1.33. The highest BCUT2D eigenvalue weighted by atomic mass is 16.5. The lowest BCUT2D eigenvalue weighted by Gasteiger charge is -2.07. The number of aliphatic hydroxyl groups excluding tert-OH is 1. The van der Waals surface area contributed by atoms with Crippen LogP contribution in [0.4, 0.5) is 0 Å². The molecule has 10 heteroatoms. The Hall–Kier alpha value is -5.14. The quantitative estimate of drug-likeness (QED) is 0.102. The third-order valence-corrected chi connectivity index (χ3v) is 4.73. The lowest BCUT2D eigenvalue weighted by atomic mass is 10.0. The molecule has 0 bridgehead atoms. The number of carbonyl (C=O) groups is 5. The molecule has 0 saturated heterocycles. The van der Waals surface area contributed by atoms with Crippen LogP contribution in [0.5, 0.6) is 0 Å². The molecule has 0 aromatic heterocycles. The second-order valence-electron chi connectivity index (χ2n) is 8.30. The van der Waals surface area contributed by atoms with Gasteiger partial charge in [0.2, 0.25) is 5.91 Å². The SMILES string of the molecule is C=C(C)C(=O)OC.C=CC(=O)NC(=O)C=CC(C=Cc1ccccc1)=C(C=CC#N)C(=O)OCCCC.C=O.CCCCO. The number of benzene rings is 1. The number of ether oxygens (including phenoxy) is 2. The van der Waals surface area contributed by atoms with Gasteiger partial charge in [-0.1, -0.05) is 82.3 Å². The van der Waals surface area contributed by atoms with Gasteiger partial charge in [0, 0.05) is 24.3 Å². The Kier molecular flexibility index (Phi) is 30.3. The van der Waals surface area contributed by atoms with Crippen molar-refractivity contribution >= 4 is 36.6 Å². The molecule has 10 nitrogen and oxygen atoms in total. The minimum absolute atomic E-state index is 0.110. The van der Waals surface area contributed by atoms with Gasteiger partial charge in [0.1, 0.15) is 6.79 Å². The standard InChI is InChI=1S/C24H24N2O4.C5H8O2.C4H10O.CH2O/c1-3-5-18-30-24(29)21(12-9-17-25)20(14-13-19-10-7-6-8-11-19)15-16-23(28)26-22(27)4-2;1-4(2)5(6)7-3;1-2-3-4-5;1-2/h4,6-16H,2-3,5,18H2,1H3,(H,26,27,28);1H2,2-3H3;5H,2-4H2,1H3;1H2. The number of aliphatic hydroxyl groups is 1. The molecule has 0 heterocycles. The van der Waals surface area contributed by atoms with Crippen LogP contribution in [0.2, 0.25) is 0 Å². The van der Waals surface area contributed by atoms with Crippen LogP contribution in [0, 0.1) is 11.3 Å².